The normalized spacial score (nSPS) is 37.2. The Labute approximate surface area is 149 Å². The topological polar surface area (TPSA) is 55.8 Å². The van der Waals surface area contributed by atoms with Gasteiger partial charge in [0.15, 0.2) is 17.2 Å². The van der Waals surface area contributed by atoms with Gasteiger partial charge in [-0.15, -0.1) is 0 Å². The Morgan fingerprint density at radius 2 is 2.08 bits per heavy atom. The Morgan fingerprint density at radius 3 is 2.75 bits per heavy atom. The SMILES string of the molecule is CCN1C(=O)[C@]2(O[C@@]3(C)CCC[C@]2(C(C)=O)O3)c2cc(Br)ccc21. The molecule has 3 heterocycles. The highest BCUT2D eigenvalue weighted by Gasteiger charge is 2.76. The van der Waals surface area contributed by atoms with Crippen LogP contribution >= 0.6 is 15.9 Å². The summed E-state index contributed by atoms with van der Waals surface area (Å²) in [6.07, 6.45) is 1.96. The molecule has 1 amide bonds. The van der Waals surface area contributed by atoms with E-state index in [4.69, 9.17) is 9.47 Å². The summed E-state index contributed by atoms with van der Waals surface area (Å²) >= 11 is 3.49. The minimum Gasteiger partial charge on any atom is -0.332 e. The van der Waals surface area contributed by atoms with Gasteiger partial charge in [0.2, 0.25) is 5.60 Å². The van der Waals surface area contributed by atoms with Crippen LogP contribution in [0, 0.1) is 0 Å². The highest BCUT2D eigenvalue weighted by atomic mass is 79.9. The number of hydrogen-bond donors (Lipinski definition) is 0. The van der Waals surface area contributed by atoms with Gasteiger partial charge in [-0.05, 0) is 51.8 Å². The van der Waals surface area contributed by atoms with Crippen molar-refractivity contribution in [2.24, 2.45) is 0 Å². The van der Waals surface area contributed by atoms with E-state index < -0.39 is 17.0 Å². The first kappa shape index (κ1) is 16.2. The first-order valence-electron chi connectivity index (χ1n) is 8.33. The first-order valence-corrected chi connectivity index (χ1v) is 9.12. The average Bonchev–Trinajstić information content (AvgIpc) is 2.87. The molecule has 0 unspecified atom stereocenters. The predicted molar refractivity (Wildman–Crippen MR) is 91.7 cm³/mol. The molecule has 6 heteroatoms. The number of ether oxygens (including phenoxy) is 2. The van der Waals surface area contributed by atoms with E-state index in [-0.39, 0.29) is 11.7 Å². The number of halogens is 1. The standard InChI is InChI=1S/C18H20BrNO4/c1-4-20-14-7-6-12(19)10-13(14)18(15(20)22)17(11(2)21)9-5-8-16(3,23-17)24-18/h6-7,10H,4-5,8-9H2,1-3H3/t16-,17+,18+/m0/s1. The Hall–Kier alpha value is -1.24. The third-order valence-corrected chi connectivity index (χ3v) is 6.04. The van der Waals surface area contributed by atoms with Gasteiger partial charge in [-0.1, -0.05) is 15.9 Å². The lowest BCUT2D eigenvalue weighted by atomic mass is 9.73. The molecule has 0 aliphatic carbocycles. The number of likely N-dealkylation sites (N-methyl/N-ethyl adjacent to an activating group) is 1. The summed E-state index contributed by atoms with van der Waals surface area (Å²) in [6.45, 7) is 5.77. The largest absolute Gasteiger partial charge is 0.332 e. The number of ketones is 1. The van der Waals surface area contributed by atoms with Crippen LogP contribution in [-0.4, -0.2) is 29.6 Å². The van der Waals surface area contributed by atoms with Crippen molar-refractivity contribution in [1.82, 2.24) is 0 Å². The second-order valence-corrected chi connectivity index (χ2v) is 7.88. The summed E-state index contributed by atoms with van der Waals surface area (Å²) in [6, 6.07) is 5.69. The second kappa shape index (κ2) is 4.90. The molecule has 0 radical (unpaired) electrons. The Bertz CT molecular complexity index is 765. The fourth-order valence-electron chi connectivity index (χ4n) is 4.59. The molecule has 3 aliphatic heterocycles. The number of rotatable bonds is 2. The molecule has 4 rings (SSSR count). The van der Waals surface area contributed by atoms with E-state index >= 15 is 0 Å². The summed E-state index contributed by atoms with van der Waals surface area (Å²) in [5.74, 6) is -1.26. The number of anilines is 1. The maximum atomic E-state index is 13.5. The number of Topliss-reactive ketones (excluding diaryl/α,β-unsaturated/α-hetero) is 1. The van der Waals surface area contributed by atoms with Crippen LogP contribution in [0.5, 0.6) is 0 Å². The maximum Gasteiger partial charge on any atom is 0.267 e. The Morgan fingerprint density at radius 1 is 1.33 bits per heavy atom. The van der Waals surface area contributed by atoms with E-state index in [2.05, 4.69) is 15.9 Å². The molecule has 1 aromatic rings. The van der Waals surface area contributed by atoms with Crippen LogP contribution in [-0.2, 0) is 24.7 Å². The molecule has 1 spiro atoms. The van der Waals surface area contributed by atoms with Gasteiger partial charge in [0.05, 0.1) is 5.69 Å². The summed E-state index contributed by atoms with van der Waals surface area (Å²) in [5.41, 5.74) is -1.12. The molecule has 24 heavy (non-hydrogen) atoms. The first-order chi connectivity index (χ1) is 11.3. The van der Waals surface area contributed by atoms with Crippen molar-refractivity contribution < 1.29 is 19.1 Å². The fourth-order valence-corrected chi connectivity index (χ4v) is 4.96. The molecular formula is C18H20BrNO4. The lowest BCUT2D eigenvalue weighted by Crippen LogP contribution is -2.59. The van der Waals surface area contributed by atoms with Gasteiger partial charge in [0.1, 0.15) is 0 Å². The van der Waals surface area contributed by atoms with Crippen molar-refractivity contribution in [3.8, 4) is 0 Å². The zero-order valence-corrected chi connectivity index (χ0v) is 15.6. The van der Waals surface area contributed by atoms with Gasteiger partial charge in [-0.3, -0.25) is 9.59 Å². The van der Waals surface area contributed by atoms with Crippen molar-refractivity contribution in [1.29, 1.82) is 0 Å². The third kappa shape index (κ3) is 1.71. The summed E-state index contributed by atoms with van der Waals surface area (Å²) in [7, 11) is 0. The number of benzene rings is 1. The minimum absolute atomic E-state index is 0.150. The van der Waals surface area contributed by atoms with Crippen LogP contribution in [0.3, 0.4) is 0 Å². The van der Waals surface area contributed by atoms with Crippen LogP contribution in [0.2, 0.25) is 0 Å². The lowest BCUT2D eigenvalue weighted by molar-refractivity contribution is -0.204. The summed E-state index contributed by atoms with van der Waals surface area (Å²) in [5, 5.41) is 0. The summed E-state index contributed by atoms with van der Waals surface area (Å²) < 4.78 is 13.4. The molecule has 3 atom stereocenters. The highest BCUT2D eigenvalue weighted by molar-refractivity contribution is 9.10. The van der Waals surface area contributed by atoms with Crippen LogP contribution in [0.1, 0.15) is 45.6 Å². The van der Waals surface area contributed by atoms with Gasteiger partial charge in [0, 0.05) is 23.0 Å². The molecule has 2 fully saturated rings. The number of nitrogens with zero attached hydrogens (tertiary/aromatic N) is 1. The maximum absolute atomic E-state index is 13.5. The average molecular weight is 394 g/mol. The lowest BCUT2D eigenvalue weighted by Gasteiger charge is -2.38. The molecule has 1 aromatic carbocycles. The van der Waals surface area contributed by atoms with Crippen molar-refractivity contribution in [3.63, 3.8) is 0 Å². The fraction of sp³-hybridized carbons (Fsp3) is 0.556. The summed E-state index contributed by atoms with van der Waals surface area (Å²) in [4.78, 5) is 27.9. The number of fused-ring (bicyclic) bond motifs is 5. The van der Waals surface area contributed by atoms with E-state index in [1.165, 1.54) is 6.92 Å². The van der Waals surface area contributed by atoms with Gasteiger partial charge >= 0.3 is 0 Å². The van der Waals surface area contributed by atoms with Gasteiger partial charge < -0.3 is 14.4 Å². The van der Waals surface area contributed by atoms with Crippen molar-refractivity contribution in [2.45, 2.75) is 57.0 Å². The molecule has 0 aromatic heterocycles. The third-order valence-electron chi connectivity index (χ3n) is 5.55. The molecule has 128 valence electrons. The number of carbonyl (C=O) groups excluding carboxylic acids is 2. The van der Waals surface area contributed by atoms with Crippen LogP contribution in [0.25, 0.3) is 0 Å². The Balaban J connectivity index is 2.05. The van der Waals surface area contributed by atoms with E-state index in [1.54, 1.807) is 4.90 Å². The minimum atomic E-state index is -1.39. The van der Waals surface area contributed by atoms with Crippen molar-refractivity contribution in [3.05, 3.63) is 28.2 Å². The smallest absolute Gasteiger partial charge is 0.267 e. The van der Waals surface area contributed by atoms with Crippen molar-refractivity contribution >= 4 is 33.3 Å². The molecule has 2 bridgehead atoms. The van der Waals surface area contributed by atoms with Gasteiger partial charge in [-0.2, -0.15) is 0 Å². The molecule has 2 saturated heterocycles. The molecular weight excluding hydrogens is 374 g/mol. The van der Waals surface area contributed by atoms with Crippen molar-refractivity contribution in [2.75, 3.05) is 11.4 Å². The predicted octanol–water partition coefficient (Wildman–Crippen LogP) is 3.29. The number of amides is 1. The quantitative estimate of drug-likeness (QED) is 0.773. The number of hydrogen-bond acceptors (Lipinski definition) is 4. The van der Waals surface area contributed by atoms with Gasteiger partial charge in [-0.25, -0.2) is 0 Å². The monoisotopic (exact) mass is 393 g/mol. The molecule has 0 N–H and O–H groups in total. The van der Waals surface area contributed by atoms with E-state index in [0.717, 1.165) is 22.1 Å². The van der Waals surface area contributed by atoms with E-state index in [9.17, 15) is 9.59 Å². The molecule has 3 aliphatic rings. The molecule has 5 nitrogen and oxygen atoms in total. The van der Waals surface area contributed by atoms with E-state index in [1.807, 2.05) is 32.0 Å². The van der Waals surface area contributed by atoms with Crippen LogP contribution in [0.15, 0.2) is 22.7 Å². The van der Waals surface area contributed by atoms with Gasteiger partial charge in [0.25, 0.3) is 5.91 Å². The zero-order chi connectivity index (χ0) is 17.3. The number of carbonyl (C=O) groups is 2. The second-order valence-electron chi connectivity index (χ2n) is 6.97. The van der Waals surface area contributed by atoms with Crippen LogP contribution < -0.4 is 4.90 Å². The zero-order valence-electron chi connectivity index (χ0n) is 14.0. The van der Waals surface area contributed by atoms with E-state index in [0.29, 0.717) is 19.4 Å². The molecule has 0 saturated carbocycles. The Kier molecular flexibility index (Phi) is 3.31. The highest BCUT2D eigenvalue weighted by Crippen LogP contribution is 2.62. The van der Waals surface area contributed by atoms with Crippen LogP contribution in [0.4, 0.5) is 5.69 Å².